The molecule has 2 heterocycles. The largest absolute Gasteiger partial charge is 0.495 e. The highest BCUT2D eigenvalue weighted by atomic mass is 16.7. The molecule has 1 aromatic rings. The lowest BCUT2D eigenvalue weighted by Crippen LogP contribution is -2.41. The normalized spacial score (nSPS) is 24.7. The SMILES string of the molecule is CC1(C)OB(c2ccccc2CN2CCC2)OC1(C)C. The molecule has 3 rings (SSSR count). The van der Waals surface area contributed by atoms with Crippen molar-refractivity contribution in [3.63, 3.8) is 0 Å². The molecule has 2 fully saturated rings. The third-order valence-corrected chi connectivity index (χ3v) is 4.90. The molecule has 0 aromatic heterocycles. The number of rotatable bonds is 3. The van der Waals surface area contributed by atoms with E-state index in [1.54, 1.807) is 0 Å². The first-order valence-electron chi connectivity index (χ1n) is 7.55. The lowest BCUT2D eigenvalue weighted by atomic mass is 9.75. The molecule has 0 aliphatic carbocycles. The predicted molar refractivity (Wildman–Crippen MR) is 82.1 cm³/mol. The van der Waals surface area contributed by atoms with Crippen molar-refractivity contribution in [3.05, 3.63) is 29.8 Å². The van der Waals surface area contributed by atoms with E-state index in [4.69, 9.17) is 9.31 Å². The Bertz CT molecular complexity index is 481. The topological polar surface area (TPSA) is 21.7 Å². The lowest BCUT2D eigenvalue weighted by molar-refractivity contribution is 0.00578. The van der Waals surface area contributed by atoms with Crippen molar-refractivity contribution in [1.29, 1.82) is 0 Å². The van der Waals surface area contributed by atoms with E-state index in [1.807, 2.05) is 0 Å². The van der Waals surface area contributed by atoms with Crippen LogP contribution in [0.3, 0.4) is 0 Å². The van der Waals surface area contributed by atoms with Crippen LogP contribution in [0.1, 0.15) is 39.7 Å². The summed E-state index contributed by atoms with van der Waals surface area (Å²) >= 11 is 0. The lowest BCUT2D eigenvalue weighted by Gasteiger charge is -2.32. The maximum Gasteiger partial charge on any atom is 0.495 e. The van der Waals surface area contributed by atoms with Gasteiger partial charge in [0.2, 0.25) is 0 Å². The molecule has 2 aliphatic heterocycles. The number of benzene rings is 1. The molecule has 2 aliphatic rings. The zero-order chi connectivity index (χ0) is 14.4. The van der Waals surface area contributed by atoms with Gasteiger partial charge in [-0.1, -0.05) is 24.3 Å². The van der Waals surface area contributed by atoms with Gasteiger partial charge in [0.25, 0.3) is 0 Å². The molecular weight excluding hydrogens is 249 g/mol. The van der Waals surface area contributed by atoms with Gasteiger partial charge in [-0.15, -0.1) is 0 Å². The van der Waals surface area contributed by atoms with Gasteiger partial charge in [0.15, 0.2) is 0 Å². The summed E-state index contributed by atoms with van der Waals surface area (Å²) in [5, 5.41) is 0. The van der Waals surface area contributed by atoms with Gasteiger partial charge in [-0.25, -0.2) is 0 Å². The van der Waals surface area contributed by atoms with Crippen molar-refractivity contribution in [3.8, 4) is 0 Å². The van der Waals surface area contributed by atoms with Crippen LogP contribution < -0.4 is 5.46 Å². The van der Waals surface area contributed by atoms with Crippen LogP contribution in [-0.2, 0) is 15.9 Å². The third kappa shape index (κ3) is 2.41. The Morgan fingerprint density at radius 1 is 1.05 bits per heavy atom. The molecule has 108 valence electrons. The van der Waals surface area contributed by atoms with Crippen LogP contribution in [0, 0.1) is 0 Å². The molecule has 3 nitrogen and oxygen atoms in total. The highest BCUT2D eigenvalue weighted by Crippen LogP contribution is 2.36. The average molecular weight is 273 g/mol. The third-order valence-electron chi connectivity index (χ3n) is 4.90. The zero-order valence-corrected chi connectivity index (χ0v) is 13.0. The molecule has 0 unspecified atom stereocenters. The minimum atomic E-state index is -0.276. The van der Waals surface area contributed by atoms with Crippen LogP contribution in [0.5, 0.6) is 0 Å². The van der Waals surface area contributed by atoms with Gasteiger partial charge in [-0.3, -0.25) is 4.90 Å². The quantitative estimate of drug-likeness (QED) is 0.788. The summed E-state index contributed by atoms with van der Waals surface area (Å²) in [5.74, 6) is 0. The standard InChI is InChI=1S/C16H24BNO2/c1-15(2)16(3,4)20-17(19-15)14-9-6-5-8-13(14)12-18-10-7-11-18/h5-6,8-9H,7,10-12H2,1-4H3. The fraction of sp³-hybridized carbons (Fsp3) is 0.625. The molecule has 4 heteroatoms. The summed E-state index contributed by atoms with van der Waals surface area (Å²) in [6.07, 6.45) is 1.32. The molecular formula is C16H24BNO2. The molecule has 2 saturated heterocycles. The fourth-order valence-corrected chi connectivity index (χ4v) is 2.66. The molecule has 1 aromatic carbocycles. The van der Waals surface area contributed by atoms with Crippen molar-refractivity contribution < 1.29 is 9.31 Å². The van der Waals surface area contributed by atoms with E-state index >= 15 is 0 Å². The Balaban J connectivity index is 1.84. The second-order valence-electron chi connectivity index (χ2n) is 6.92. The number of likely N-dealkylation sites (tertiary alicyclic amines) is 1. The molecule has 0 radical (unpaired) electrons. The Hall–Kier alpha value is -0.835. The summed E-state index contributed by atoms with van der Waals surface area (Å²) in [7, 11) is -0.252. The van der Waals surface area contributed by atoms with E-state index < -0.39 is 0 Å². The molecule has 0 bridgehead atoms. The van der Waals surface area contributed by atoms with E-state index in [0.29, 0.717) is 0 Å². The molecule has 0 atom stereocenters. The summed E-state index contributed by atoms with van der Waals surface area (Å²) in [6.45, 7) is 11.8. The van der Waals surface area contributed by atoms with Crippen LogP contribution in [0.25, 0.3) is 0 Å². The van der Waals surface area contributed by atoms with Gasteiger partial charge in [0.1, 0.15) is 0 Å². The van der Waals surface area contributed by atoms with Crippen molar-refractivity contribution in [2.75, 3.05) is 13.1 Å². The van der Waals surface area contributed by atoms with Crippen LogP contribution in [0.2, 0.25) is 0 Å². The minimum absolute atomic E-state index is 0.252. The van der Waals surface area contributed by atoms with Gasteiger partial charge >= 0.3 is 7.12 Å². The van der Waals surface area contributed by atoms with E-state index in [1.165, 1.54) is 30.5 Å². The van der Waals surface area contributed by atoms with Gasteiger partial charge in [0, 0.05) is 6.54 Å². The molecule has 0 N–H and O–H groups in total. The van der Waals surface area contributed by atoms with Gasteiger partial charge in [-0.05, 0) is 58.2 Å². The van der Waals surface area contributed by atoms with E-state index in [0.717, 1.165) is 6.54 Å². The Kier molecular flexibility index (Phi) is 3.43. The van der Waals surface area contributed by atoms with Crippen LogP contribution >= 0.6 is 0 Å². The van der Waals surface area contributed by atoms with E-state index in [-0.39, 0.29) is 18.3 Å². The van der Waals surface area contributed by atoms with Crippen LogP contribution in [-0.4, -0.2) is 36.3 Å². The maximum absolute atomic E-state index is 6.18. The fourth-order valence-electron chi connectivity index (χ4n) is 2.66. The molecule has 20 heavy (non-hydrogen) atoms. The monoisotopic (exact) mass is 273 g/mol. The number of hydrogen-bond acceptors (Lipinski definition) is 3. The van der Waals surface area contributed by atoms with Crippen LogP contribution in [0.15, 0.2) is 24.3 Å². The summed E-state index contributed by atoms with van der Waals surface area (Å²) in [4.78, 5) is 2.46. The summed E-state index contributed by atoms with van der Waals surface area (Å²) in [6, 6.07) is 8.50. The first-order chi connectivity index (χ1) is 9.39. The zero-order valence-electron chi connectivity index (χ0n) is 13.0. The highest BCUT2D eigenvalue weighted by molar-refractivity contribution is 6.62. The van der Waals surface area contributed by atoms with Crippen molar-refractivity contribution in [1.82, 2.24) is 4.90 Å². The van der Waals surface area contributed by atoms with Gasteiger partial charge < -0.3 is 9.31 Å². The van der Waals surface area contributed by atoms with Crippen LogP contribution in [0.4, 0.5) is 0 Å². The number of hydrogen-bond donors (Lipinski definition) is 0. The van der Waals surface area contributed by atoms with E-state index in [2.05, 4.69) is 56.9 Å². The molecule has 0 amide bonds. The first kappa shape index (κ1) is 14.1. The Labute approximate surface area is 122 Å². The smallest absolute Gasteiger partial charge is 0.399 e. The van der Waals surface area contributed by atoms with Crippen molar-refractivity contribution in [2.24, 2.45) is 0 Å². The second-order valence-corrected chi connectivity index (χ2v) is 6.92. The Morgan fingerprint density at radius 3 is 2.20 bits per heavy atom. The van der Waals surface area contributed by atoms with E-state index in [9.17, 15) is 0 Å². The first-order valence-corrected chi connectivity index (χ1v) is 7.55. The Morgan fingerprint density at radius 2 is 1.65 bits per heavy atom. The second kappa shape index (κ2) is 4.87. The predicted octanol–water partition coefficient (Wildman–Crippen LogP) is 2.19. The average Bonchev–Trinajstić information content (AvgIpc) is 2.54. The van der Waals surface area contributed by atoms with Gasteiger partial charge in [-0.2, -0.15) is 0 Å². The number of nitrogens with zero attached hydrogens (tertiary/aromatic N) is 1. The summed E-state index contributed by atoms with van der Waals surface area (Å²) < 4.78 is 12.4. The highest BCUT2D eigenvalue weighted by Gasteiger charge is 2.52. The maximum atomic E-state index is 6.18. The van der Waals surface area contributed by atoms with Crippen molar-refractivity contribution >= 4 is 12.6 Å². The van der Waals surface area contributed by atoms with Crippen molar-refractivity contribution in [2.45, 2.75) is 51.9 Å². The van der Waals surface area contributed by atoms with Gasteiger partial charge in [0.05, 0.1) is 11.2 Å². The molecule has 0 saturated carbocycles. The molecule has 0 spiro atoms. The summed E-state index contributed by atoms with van der Waals surface area (Å²) in [5.41, 5.74) is 1.95. The minimum Gasteiger partial charge on any atom is -0.399 e.